The highest BCUT2D eigenvalue weighted by Crippen LogP contribution is 2.08. The highest BCUT2D eigenvalue weighted by Gasteiger charge is 2.09. The van der Waals surface area contributed by atoms with Gasteiger partial charge in [-0.2, -0.15) is 4.73 Å². The Balaban J connectivity index is 1.95. The molecule has 0 saturated carbocycles. The SMILES string of the molecule is COC(=O)c1ccc(COC(=O)c2cc[n+]([O-])cc2)cc1. The first-order valence-corrected chi connectivity index (χ1v) is 6.13. The lowest BCUT2D eigenvalue weighted by Crippen LogP contribution is -2.24. The van der Waals surface area contributed by atoms with Crippen LogP contribution in [0.2, 0.25) is 0 Å². The van der Waals surface area contributed by atoms with Gasteiger partial charge in [0.05, 0.1) is 18.2 Å². The van der Waals surface area contributed by atoms with Crippen LogP contribution in [0.5, 0.6) is 0 Å². The molecule has 6 heteroatoms. The number of methoxy groups -OCH3 is 1. The van der Waals surface area contributed by atoms with Crippen LogP contribution in [-0.2, 0) is 16.1 Å². The fourth-order valence-corrected chi connectivity index (χ4v) is 1.64. The molecule has 2 aromatic rings. The third-order valence-corrected chi connectivity index (χ3v) is 2.78. The Kier molecular flexibility index (Phi) is 4.50. The number of aromatic nitrogens is 1. The molecule has 1 aromatic carbocycles. The van der Waals surface area contributed by atoms with Crippen LogP contribution in [0, 0.1) is 5.21 Å². The highest BCUT2D eigenvalue weighted by atomic mass is 16.5. The van der Waals surface area contributed by atoms with Gasteiger partial charge in [-0.15, -0.1) is 0 Å². The number of ether oxygens (including phenoxy) is 2. The number of carbonyl (C=O) groups excluding carboxylic acids is 2. The summed E-state index contributed by atoms with van der Waals surface area (Å²) in [6.45, 7) is 0.0759. The molecule has 0 amide bonds. The second kappa shape index (κ2) is 6.51. The van der Waals surface area contributed by atoms with Crippen molar-refractivity contribution >= 4 is 11.9 Å². The summed E-state index contributed by atoms with van der Waals surface area (Å²) in [6, 6.07) is 9.31. The maximum absolute atomic E-state index is 11.7. The van der Waals surface area contributed by atoms with Gasteiger partial charge in [-0.25, -0.2) is 9.59 Å². The topological polar surface area (TPSA) is 79.5 Å². The smallest absolute Gasteiger partial charge is 0.338 e. The first kappa shape index (κ1) is 14.5. The normalized spacial score (nSPS) is 9.95. The summed E-state index contributed by atoms with van der Waals surface area (Å²) in [4.78, 5) is 23.0. The average Bonchev–Trinajstić information content (AvgIpc) is 2.53. The lowest BCUT2D eigenvalue weighted by molar-refractivity contribution is -0.605. The van der Waals surface area contributed by atoms with Crippen LogP contribution in [0.25, 0.3) is 0 Å². The maximum Gasteiger partial charge on any atom is 0.338 e. The number of pyridine rings is 1. The van der Waals surface area contributed by atoms with Gasteiger partial charge in [0.2, 0.25) is 0 Å². The zero-order chi connectivity index (χ0) is 15.2. The van der Waals surface area contributed by atoms with E-state index in [1.807, 2.05) is 0 Å². The van der Waals surface area contributed by atoms with E-state index in [2.05, 4.69) is 4.74 Å². The lowest BCUT2D eigenvalue weighted by atomic mass is 10.1. The molecule has 108 valence electrons. The number of rotatable bonds is 4. The van der Waals surface area contributed by atoms with E-state index >= 15 is 0 Å². The molecule has 6 nitrogen and oxygen atoms in total. The van der Waals surface area contributed by atoms with E-state index in [0.717, 1.165) is 5.56 Å². The predicted octanol–water partition coefficient (Wildman–Crippen LogP) is 1.46. The molecule has 0 bridgehead atoms. The fourth-order valence-electron chi connectivity index (χ4n) is 1.64. The minimum absolute atomic E-state index is 0.0759. The second-order valence-electron chi connectivity index (χ2n) is 4.21. The molecule has 2 rings (SSSR count). The molecule has 0 fully saturated rings. The van der Waals surface area contributed by atoms with Crippen molar-refractivity contribution < 1.29 is 23.8 Å². The zero-order valence-corrected chi connectivity index (χ0v) is 11.3. The van der Waals surface area contributed by atoms with Crippen molar-refractivity contribution in [2.75, 3.05) is 7.11 Å². The van der Waals surface area contributed by atoms with E-state index in [9.17, 15) is 14.8 Å². The Morgan fingerprint density at radius 1 is 1.00 bits per heavy atom. The fraction of sp³-hybridized carbons (Fsp3) is 0.133. The van der Waals surface area contributed by atoms with Gasteiger partial charge < -0.3 is 14.7 Å². The predicted molar refractivity (Wildman–Crippen MR) is 72.3 cm³/mol. The molecule has 0 unspecified atom stereocenters. The molecule has 1 heterocycles. The molecule has 0 aliphatic carbocycles. The van der Waals surface area contributed by atoms with Crippen LogP contribution in [0.3, 0.4) is 0 Å². The van der Waals surface area contributed by atoms with Gasteiger partial charge in [-0.3, -0.25) is 0 Å². The van der Waals surface area contributed by atoms with Gasteiger partial charge in [0.15, 0.2) is 12.4 Å². The maximum atomic E-state index is 11.7. The van der Waals surface area contributed by atoms with Gasteiger partial charge in [-0.05, 0) is 17.7 Å². The summed E-state index contributed by atoms with van der Waals surface area (Å²) >= 11 is 0. The van der Waals surface area contributed by atoms with E-state index in [1.165, 1.54) is 31.6 Å². The molecule has 0 atom stereocenters. The number of benzene rings is 1. The van der Waals surface area contributed by atoms with Gasteiger partial charge >= 0.3 is 11.9 Å². The summed E-state index contributed by atoms with van der Waals surface area (Å²) < 4.78 is 10.3. The first-order valence-electron chi connectivity index (χ1n) is 6.13. The van der Waals surface area contributed by atoms with Crippen LogP contribution in [0.15, 0.2) is 48.8 Å². The highest BCUT2D eigenvalue weighted by molar-refractivity contribution is 5.89. The molecule has 0 N–H and O–H groups in total. The monoisotopic (exact) mass is 287 g/mol. The van der Waals surface area contributed by atoms with Crippen LogP contribution in [0.4, 0.5) is 0 Å². The van der Waals surface area contributed by atoms with Gasteiger partial charge in [0.25, 0.3) is 0 Å². The minimum atomic E-state index is -0.521. The van der Waals surface area contributed by atoms with Gasteiger partial charge in [0, 0.05) is 12.1 Å². The van der Waals surface area contributed by atoms with E-state index in [1.54, 1.807) is 24.3 Å². The molecular formula is C15H13NO5. The van der Waals surface area contributed by atoms with Gasteiger partial charge in [-0.1, -0.05) is 12.1 Å². The Bertz CT molecular complexity index is 634. The molecule has 21 heavy (non-hydrogen) atoms. The molecule has 0 aliphatic heterocycles. The summed E-state index contributed by atoms with van der Waals surface area (Å²) in [5.41, 5.74) is 1.47. The number of nitrogens with zero attached hydrogens (tertiary/aromatic N) is 1. The quantitative estimate of drug-likeness (QED) is 0.483. The Labute approximate surface area is 121 Å². The number of esters is 2. The molecule has 1 aromatic heterocycles. The van der Waals surface area contributed by atoms with E-state index in [4.69, 9.17) is 4.74 Å². The second-order valence-corrected chi connectivity index (χ2v) is 4.21. The van der Waals surface area contributed by atoms with Gasteiger partial charge in [0.1, 0.15) is 6.61 Å². The third kappa shape index (κ3) is 3.79. The van der Waals surface area contributed by atoms with Crippen LogP contribution >= 0.6 is 0 Å². The number of hydrogen-bond acceptors (Lipinski definition) is 5. The van der Waals surface area contributed by atoms with Crippen LogP contribution in [0.1, 0.15) is 26.3 Å². The average molecular weight is 287 g/mol. The summed E-state index contributed by atoms with van der Waals surface area (Å²) in [7, 11) is 1.31. The number of carbonyl (C=O) groups is 2. The molecule has 0 spiro atoms. The number of hydrogen-bond donors (Lipinski definition) is 0. The van der Waals surface area contributed by atoms with Crippen molar-refractivity contribution in [2.45, 2.75) is 6.61 Å². The third-order valence-electron chi connectivity index (χ3n) is 2.78. The van der Waals surface area contributed by atoms with E-state index in [-0.39, 0.29) is 6.61 Å². The molecule has 0 radical (unpaired) electrons. The zero-order valence-electron chi connectivity index (χ0n) is 11.3. The van der Waals surface area contributed by atoms with Crippen molar-refractivity contribution in [2.24, 2.45) is 0 Å². The Morgan fingerprint density at radius 2 is 1.57 bits per heavy atom. The standard InChI is InChI=1S/C15H13NO5/c1-20-14(17)12-4-2-11(3-5-12)10-21-15(18)13-6-8-16(19)9-7-13/h2-9H,10H2,1H3. The molecule has 0 saturated heterocycles. The summed E-state index contributed by atoms with van der Waals surface area (Å²) in [6.07, 6.45) is 2.45. The van der Waals surface area contributed by atoms with Crippen molar-refractivity contribution in [3.8, 4) is 0 Å². The summed E-state index contributed by atoms with van der Waals surface area (Å²) in [5, 5.41) is 10.9. The Hall–Kier alpha value is -2.89. The lowest BCUT2D eigenvalue weighted by Gasteiger charge is -2.05. The van der Waals surface area contributed by atoms with E-state index in [0.29, 0.717) is 15.9 Å². The van der Waals surface area contributed by atoms with Crippen molar-refractivity contribution in [3.05, 3.63) is 70.7 Å². The minimum Gasteiger partial charge on any atom is -0.619 e. The van der Waals surface area contributed by atoms with Crippen molar-refractivity contribution in [1.29, 1.82) is 0 Å². The largest absolute Gasteiger partial charge is 0.619 e. The van der Waals surface area contributed by atoms with Crippen LogP contribution < -0.4 is 4.73 Å². The van der Waals surface area contributed by atoms with Crippen LogP contribution in [-0.4, -0.2) is 19.0 Å². The Morgan fingerprint density at radius 3 is 2.14 bits per heavy atom. The molecular weight excluding hydrogens is 274 g/mol. The van der Waals surface area contributed by atoms with Crippen molar-refractivity contribution in [1.82, 2.24) is 0 Å². The van der Waals surface area contributed by atoms with Crippen molar-refractivity contribution in [3.63, 3.8) is 0 Å². The summed E-state index contributed by atoms with van der Waals surface area (Å²) in [5.74, 6) is -0.943. The molecule has 0 aliphatic rings. The first-order chi connectivity index (χ1) is 10.1. The van der Waals surface area contributed by atoms with E-state index < -0.39 is 11.9 Å².